The van der Waals surface area contributed by atoms with Crippen LogP contribution < -0.4 is 0 Å². The number of H-pyrrole nitrogens is 2. The van der Waals surface area contributed by atoms with E-state index in [1.807, 2.05) is 18.3 Å². The van der Waals surface area contributed by atoms with Crippen molar-refractivity contribution in [2.24, 2.45) is 0 Å². The third-order valence-corrected chi connectivity index (χ3v) is 1.90. The second-order valence-electron chi connectivity index (χ2n) is 2.91. The largest absolute Gasteiger partial charge is 0.362 e. The van der Waals surface area contributed by atoms with Crippen LogP contribution in [0.1, 0.15) is 16.2 Å². The monoisotopic (exact) mass is 186 g/mol. The van der Waals surface area contributed by atoms with Crippen molar-refractivity contribution >= 4 is 11.9 Å². The summed E-state index contributed by atoms with van der Waals surface area (Å²) in [4.78, 5) is 17.3. The molecule has 0 aliphatic heterocycles. The van der Waals surface area contributed by atoms with Gasteiger partial charge in [0, 0.05) is 18.1 Å². The molecule has 0 saturated heterocycles. The first-order valence-electron chi connectivity index (χ1n) is 4.35. The first kappa shape index (κ1) is 8.56. The average molecular weight is 186 g/mol. The molecule has 2 aromatic rings. The highest BCUT2D eigenvalue weighted by molar-refractivity contribution is 6.05. The van der Waals surface area contributed by atoms with Gasteiger partial charge in [-0.25, -0.2) is 0 Å². The van der Waals surface area contributed by atoms with Crippen molar-refractivity contribution in [2.75, 3.05) is 0 Å². The predicted octanol–water partition coefficient (Wildman–Crippen LogP) is 2.24. The Kier molecular flexibility index (Phi) is 2.32. The zero-order valence-corrected chi connectivity index (χ0v) is 7.53. The molecule has 2 N–H and O–H groups in total. The van der Waals surface area contributed by atoms with Crippen LogP contribution in [0.3, 0.4) is 0 Å². The van der Waals surface area contributed by atoms with E-state index in [1.54, 1.807) is 24.4 Å². The standard InChI is InChI=1S/C11H10N2O/c14-11(10-4-2-8-13-10)6-5-9-3-1-7-12-9/h1-8,12-13H. The highest BCUT2D eigenvalue weighted by atomic mass is 16.1. The van der Waals surface area contributed by atoms with Crippen LogP contribution in [0.15, 0.2) is 42.7 Å². The van der Waals surface area contributed by atoms with E-state index in [2.05, 4.69) is 9.97 Å². The number of hydrogen-bond acceptors (Lipinski definition) is 1. The van der Waals surface area contributed by atoms with Gasteiger partial charge in [-0.1, -0.05) is 0 Å². The molecule has 0 atom stereocenters. The molecule has 0 saturated carbocycles. The second kappa shape index (κ2) is 3.79. The molecule has 0 aliphatic rings. The van der Waals surface area contributed by atoms with Crippen LogP contribution in [0.5, 0.6) is 0 Å². The van der Waals surface area contributed by atoms with Gasteiger partial charge in [0.05, 0.1) is 5.69 Å². The summed E-state index contributed by atoms with van der Waals surface area (Å²) < 4.78 is 0. The fraction of sp³-hybridized carbons (Fsp3) is 0. The van der Waals surface area contributed by atoms with Gasteiger partial charge < -0.3 is 9.97 Å². The zero-order chi connectivity index (χ0) is 9.80. The predicted molar refractivity (Wildman–Crippen MR) is 54.9 cm³/mol. The maximum Gasteiger partial charge on any atom is 0.202 e. The Balaban J connectivity index is 2.09. The molecule has 3 nitrogen and oxygen atoms in total. The molecular weight excluding hydrogens is 176 g/mol. The Hall–Kier alpha value is -2.03. The summed E-state index contributed by atoms with van der Waals surface area (Å²) in [5.41, 5.74) is 1.53. The van der Waals surface area contributed by atoms with Crippen molar-refractivity contribution in [1.29, 1.82) is 0 Å². The highest BCUT2D eigenvalue weighted by Crippen LogP contribution is 2.01. The van der Waals surface area contributed by atoms with Crippen molar-refractivity contribution in [1.82, 2.24) is 9.97 Å². The minimum atomic E-state index is -0.0235. The van der Waals surface area contributed by atoms with Crippen LogP contribution in [0, 0.1) is 0 Å². The third kappa shape index (κ3) is 1.82. The van der Waals surface area contributed by atoms with Crippen LogP contribution in [-0.2, 0) is 0 Å². The van der Waals surface area contributed by atoms with E-state index < -0.39 is 0 Å². The number of hydrogen-bond donors (Lipinski definition) is 2. The number of ketones is 1. The van der Waals surface area contributed by atoms with Gasteiger partial charge in [-0.05, 0) is 36.4 Å². The van der Waals surface area contributed by atoms with E-state index >= 15 is 0 Å². The summed E-state index contributed by atoms with van der Waals surface area (Å²) in [6.45, 7) is 0. The summed E-state index contributed by atoms with van der Waals surface area (Å²) >= 11 is 0. The molecule has 14 heavy (non-hydrogen) atoms. The van der Waals surface area contributed by atoms with Crippen LogP contribution in [0.2, 0.25) is 0 Å². The maximum absolute atomic E-state index is 11.5. The Morgan fingerprint density at radius 2 is 1.93 bits per heavy atom. The van der Waals surface area contributed by atoms with E-state index in [0.29, 0.717) is 5.69 Å². The van der Waals surface area contributed by atoms with Gasteiger partial charge >= 0.3 is 0 Å². The molecule has 0 spiro atoms. The summed E-state index contributed by atoms with van der Waals surface area (Å²) in [5, 5.41) is 0. The van der Waals surface area contributed by atoms with Gasteiger partial charge in [0.15, 0.2) is 0 Å². The molecule has 3 heteroatoms. The fourth-order valence-electron chi connectivity index (χ4n) is 1.19. The number of allylic oxidation sites excluding steroid dienone is 1. The summed E-state index contributed by atoms with van der Waals surface area (Å²) in [6, 6.07) is 7.34. The average Bonchev–Trinajstić information content (AvgIpc) is 2.87. The van der Waals surface area contributed by atoms with E-state index in [4.69, 9.17) is 0 Å². The SMILES string of the molecule is O=C(C=Cc1ccc[nH]1)c1ccc[nH]1. The Bertz CT molecular complexity index is 424. The zero-order valence-electron chi connectivity index (χ0n) is 7.53. The molecule has 2 aromatic heterocycles. The number of carbonyl (C=O) groups is 1. The molecule has 0 bridgehead atoms. The van der Waals surface area contributed by atoms with Gasteiger partial charge in [-0.2, -0.15) is 0 Å². The van der Waals surface area contributed by atoms with Gasteiger partial charge in [0.2, 0.25) is 5.78 Å². The van der Waals surface area contributed by atoms with Crippen LogP contribution in [0.25, 0.3) is 6.08 Å². The first-order valence-corrected chi connectivity index (χ1v) is 4.35. The highest BCUT2D eigenvalue weighted by Gasteiger charge is 2.00. The molecule has 2 heterocycles. The topological polar surface area (TPSA) is 48.6 Å². The lowest BCUT2D eigenvalue weighted by Crippen LogP contribution is -1.93. The van der Waals surface area contributed by atoms with Crippen molar-refractivity contribution in [3.8, 4) is 0 Å². The Labute approximate surface area is 81.5 Å². The molecule has 0 aliphatic carbocycles. The van der Waals surface area contributed by atoms with Gasteiger partial charge in [-0.15, -0.1) is 0 Å². The molecular formula is C11H10N2O. The Morgan fingerprint density at radius 3 is 2.57 bits per heavy atom. The molecule has 2 rings (SSSR count). The molecule has 0 fully saturated rings. The van der Waals surface area contributed by atoms with Crippen LogP contribution in [0.4, 0.5) is 0 Å². The third-order valence-electron chi connectivity index (χ3n) is 1.90. The number of aromatic nitrogens is 2. The quantitative estimate of drug-likeness (QED) is 0.560. The van der Waals surface area contributed by atoms with E-state index in [0.717, 1.165) is 5.69 Å². The summed E-state index contributed by atoms with van der Waals surface area (Å²) in [7, 11) is 0. The normalized spacial score (nSPS) is 10.9. The van der Waals surface area contributed by atoms with Crippen molar-refractivity contribution < 1.29 is 4.79 Å². The van der Waals surface area contributed by atoms with Crippen LogP contribution in [-0.4, -0.2) is 15.8 Å². The van der Waals surface area contributed by atoms with Crippen molar-refractivity contribution in [3.63, 3.8) is 0 Å². The Morgan fingerprint density at radius 1 is 1.14 bits per heavy atom. The van der Waals surface area contributed by atoms with Crippen molar-refractivity contribution in [2.45, 2.75) is 0 Å². The number of nitrogens with one attached hydrogen (secondary N) is 2. The molecule has 70 valence electrons. The lowest BCUT2D eigenvalue weighted by Gasteiger charge is -1.88. The second-order valence-corrected chi connectivity index (χ2v) is 2.91. The van der Waals surface area contributed by atoms with E-state index in [9.17, 15) is 4.79 Å². The molecule has 0 amide bonds. The van der Waals surface area contributed by atoms with Gasteiger partial charge in [0.1, 0.15) is 0 Å². The lowest BCUT2D eigenvalue weighted by molar-refractivity contribution is 0.104. The molecule has 0 radical (unpaired) electrons. The van der Waals surface area contributed by atoms with E-state index in [1.165, 1.54) is 6.08 Å². The number of aromatic amines is 2. The molecule has 0 aromatic carbocycles. The molecule has 0 unspecified atom stereocenters. The fourth-order valence-corrected chi connectivity index (χ4v) is 1.19. The lowest BCUT2D eigenvalue weighted by atomic mass is 10.2. The first-order chi connectivity index (χ1) is 6.86. The summed E-state index contributed by atoms with van der Waals surface area (Å²) in [5.74, 6) is -0.0235. The van der Waals surface area contributed by atoms with Gasteiger partial charge in [0.25, 0.3) is 0 Å². The minimum Gasteiger partial charge on any atom is -0.362 e. The number of rotatable bonds is 3. The van der Waals surface area contributed by atoms with E-state index in [-0.39, 0.29) is 5.78 Å². The van der Waals surface area contributed by atoms with Gasteiger partial charge in [-0.3, -0.25) is 4.79 Å². The minimum absolute atomic E-state index is 0.0235. The maximum atomic E-state index is 11.5. The summed E-state index contributed by atoms with van der Waals surface area (Å²) in [6.07, 6.45) is 6.84. The number of carbonyl (C=O) groups excluding carboxylic acids is 1. The van der Waals surface area contributed by atoms with Crippen LogP contribution >= 0.6 is 0 Å². The van der Waals surface area contributed by atoms with Crippen molar-refractivity contribution in [3.05, 3.63) is 54.1 Å². The smallest absolute Gasteiger partial charge is 0.202 e.